The number of carboxylic acid groups (broad SMARTS) is 2. The van der Waals surface area contributed by atoms with Crippen LogP contribution in [0.15, 0.2) is 48.5 Å². The van der Waals surface area contributed by atoms with Gasteiger partial charge in [-0.05, 0) is 60.7 Å². The summed E-state index contributed by atoms with van der Waals surface area (Å²) in [6, 6.07) is 14.5. The fraction of sp³-hybridized carbons (Fsp3) is 0.296. The quantitative estimate of drug-likeness (QED) is 0.246. The number of piperidine rings is 1. The number of likely N-dealkylation sites (tertiary alicyclic amines) is 1. The van der Waals surface area contributed by atoms with Crippen LogP contribution in [0.5, 0.6) is 11.5 Å². The Balaban J connectivity index is 1.33. The van der Waals surface area contributed by atoms with Crippen molar-refractivity contribution >= 4 is 52.3 Å². The summed E-state index contributed by atoms with van der Waals surface area (Å²) in [6.45, 7) is 1.31. The molecule has 0 unspecified atom stereocenters. The van der Waals surface area contributed by atoms with E-state index in [1.165, 1.54) is 0 Å². The van der Waals surface area contributed by atoms with Crippen LogP contribution >= 0.6 is 22.9 Å². The minimum absolute atomic E-state index is 0.0658. The van der Waals surface area contributed by atoms with Gasteiger partial charge in [0.2, 0.25) is 0 Å². The number of anilines is 2. The molecule has 1 saturated heterocycles. The Morgan fingerprint density at radius 1 is 1.08 bits per heavy atom. The number of halogens is 1. The molecule has 0 bridgehead atoms. The predicted molar refractivity (Wildman–Crippen MR) is 150 cm³/mol. The van der Waals surface area contributed by atoms with Crippen molar-refractivity contribution in [1.82, 2.24) is 4.90 Å². The molecule has 4 N–H and O–H groups in total. The molecular weight excluding hydrogens is 546 g/mol. The SMILES string of the molecule is COc1ccc(NC(=O)N2CCC(CNc3cccc(-c4sc(C(=O)O)c(OCC(=O)O)c4Cl)c3)CC2)cc1. The molecule has 12 heteroatoms. The molecule has 0 spiro atoms. The Labute approximate surface area is 234 Å². The second kappa shape index (κ2) is 12.7. The van der Waals surface area contributed by atoms with Crippen molar-refractivity contribution in [2.45, 2.75) is 12.8 Å². The van der Waals surface area contributed by atoms with E-state index in [0.29, 0.717) is 41.7 Å². The molecule has 2 amide bonds. The second-order valence-electron chi connectivity index (χ2n) is 8.94. The zero-order valence-corrected chi connectivity index (χ0v) is 22.7. The first-order chi connectivity index (χ1) is 18.7. The van der Waals surface area contributed by atoms with Gasteiger partial charge in [0.05, 0.1) is 12.0 Å². The molecule has 39 heavy (non-hydrogen) atoms. The van der Waals surface area contributed by atoms with Crippen molar-refractivity contribution in [3.05, 3.63) is 58.4 Å². The topological polar surface area (TPSA) is 137 Å². The molecular formula is C27H28ClN3O7S. The number of carboxylic acids is 2. The van der Waals surface area contributed by atoms with Crippen LogP contribution in [0, 0.1) is 5.92 Å². The van der Waals surface area contributed by atoms with Gasteiger partial charge in [-0.2, -0.15) is 0 Å². The van der Waals surface area contributed by atoms with E-state index in [1.54, 1.807) is 37.4 Å². The predicted octanol–water partition coefficient (Wildman–Crippen LogP) is 5.59. The molecule has 2 heterocycles. The van der Waals surface area contributed by atoms with Crippen LogP contribution in [0.25, 0.3) is 10.4 Å². The van der Waals surface area contributed by atoms with Gasteiger partial charge < -0.3 is 35.2 Å². The van der Waals surface area contributed by atoms with Crippen molar-refractivity contribution < 1.29 is 34.1 Å². The summed E-state index contributed by atoms with van der Waals surface area (Å²) in [6.07, 6.45) is 1.71. The number of amides is 2. The third kappa shape index (κ3) is 7.12. The van der Waals surface area contributed by atoms with E-state index in [9.17, 15) is 19.5 Å². The maximum atomic E-state index is 12.6. The number of hydrogen-bond acceptors (Lipinski definition) is 7. The lowest BCUT2D eigenvalue weighted by molar-refractivity contribution is -0.139. The average molecular weight is 574 g/mol. The number of benzene rings is 2. The number of aromatic carboxylic acids is 1. The maximum Gasteiger partial charge on any atom is 0.349 e. The van der Waals surface area contributed by atoms with Crippen LogP contribution in [-0.4, -0.2) is 66.4 Å². The van der Waals surface area contributed by atoms with Crippen molar-refractivity contribution in [3.8, 4) is 21.9 Å². The summed E-state index contributed by atoms with van der Waals surface area (Å²) in [7, 11) is 1.59. The summed E-state index contributed by atoms with van der Waals surface area (Å²) in [5.74, 6) is -1.52. The minimum atomic E-state index is -1.24. The molecule has 10 nitrogen and oxygen atoms in total. The fourth-order valence-corrected chi connectivity index (χ4v) is 5.64. The molecule has 0 atom stereocenters. The molecule has 1 fully saturated rings. The van der Waals surface area contributed by atoms with Crippen molar-refractivity contribution in [2.75, 3.05) is 44.0 Å². The summed E-state index contributed by atoms with van der Waals surface area (Å²) in [4.78, 5) is 37.3. The molecule has 3 aromatic rings. The molecule has 4 rings (SSSR count). The lowest BCUT2D eigenvalue weighted by atomic mass is 9.97. The number of methoxy groups -OCH3 is 1. The standard InChI is InChI=1S/C27H28ClN3O7S/c1-37-20-7-5-18(6-8-20)30-27(36)31-11-9-16(10-12-31)14-29-19-4-2-3-17(13-19)24-22(28)23(38-15-21(32)33)25(39-24)26(34)35/h2-8,13,16,29H,9-12,14-15H2,1H3,(H,30,36)(H,32,33)(H,34,35). The number of nitrogens with zero attached hydrogens (tertiary/aromatic N) is 1. The normalized spacial score (nSPS) is 13.5. The number of nitrogens with one attached hydrogen (secondary N) is 2. The van der Waals surface area contributed by atoms with E-state index in [1.807, 2.05) is 23.1 Å². The first kappa shape index (κ1) is 28.1. The van der Waals surface area contributed by atoms with Gasteiger partial charge in [0.25, 0.3) is 0 Å². The summed E-state index contributed by atoms with van der Waals surface area (Å²) in [5.41, 5.74) is 2.24. The lowest BCUT2D eigenvalue weighted by Crippen LogP contribution is -2.42. The monoisotopic (exact) mass is 573 g/mol. The second-order valence-corrected chi connectivity index (χ2v) is 10.3. The van der Waals surface area contributed by atoms with Crippen LogP contribution in [-0.2, 0) is 4.79 Å². The van der Waals surface area contributed by atoms with Crippen molar-refractivity contribution in [1.29, 1.82) is 0 Å². The van der Waals surface area contributed by atoms with Gasteiger partial charge in [0.1, 0.15) is 10.8 Å². The van der Waals surface area contributed by atoms with E-state index in [-0.39, 0.29) is 21.7 Å². The van der Waals surface area contributed by atoms with E-state index < -0.39 is 18.5 Å². The average Bonchev–Trinajstić information content (AvgIpc) is 3.27. The number of aliphatic carboxylic acids is 1. The fourth-order valence-electron chi connectivity index (χ4n) is 4.23. The number of rotatable bonds is 10. The van der Waals surface area contributed by atoms with Crippen LogP contribution in [0.4, 0.5) is 16.2 Å². The Bertz CT molecular complexity index is 1340. The van der Waals surface area contributed by atoms with Gasteiger partial charge in [0.15, 0.2) is 17.2 Å². The molecule has 1 aliphatic rings. The van der Waals surface area contributed by atoms with Gasteiger partial charge in [-0.1, -0.05) is 23.7 Å². The number of hydrogen-bond donors (Lipinski definition) is 4. The van der Waals surface area contributed by atoms with Crippen molar-refractivity contribution in [2.24, 2.45) is 5.92 Å². The van der Waals surface area contributed by atoms with Crippen LogP contribution < -0.4 is 20.1 Å². The Hall–Kier alpha value is -3.96. The van der Waals surface area contributed by atoms with E-state index in [0.717, 1.165) is 35.6 Å². The number of ether oxygens (including phenoxy) is 2. The highest BCUT2D eigenvalue weighted by Gasteiger charge is 2.25. The van der Waals surface area contributed by atoms with E-state index in [2.05, 4.69) is 10.6 Å². The van der Waals surface area contributed by atoms with E-state index in [4.69, 9.17) is 26.2 Å². The zero-order chi connectivity index (χ0) is 27.9. The number of thiophene rings is 1. The molecule has 0 aliphatic carbocycles. The van der Waals surface area contributed by atoms with Gasteiger partial charge in [-0.15, -0.1) is 11.3 Å². The number of carbonyl (C=O) groups is 3. The first-order valence-corrected chi connectivity index (χ1v) is 13.4. The Morgan fingerprint density at radius 2 is 1.79 bits per heavy atom. The summed E-state index contributed by atoms with van der Waals surface area (Å²) >= 11 is 7.34. The largest absolute Gasteiger partial charge is 0.497 e. The molecule has 2 aromatic carbocycles. The van der Waals surface area contributed by atoms with Crippen LogP contribution in [0.2, 0.25) is 5.02 Å². The number of carbonyl (C=O) groups excluding carboxylic acids is 1. The highest BCUT2D eigenvalue weighted by atomic mass is 35.5. The minimum Gasteiger partial charge on any atom is -0.497 e. The molecule has 0 saturated carbocycles. The number of urea groups is 1. The maximum absolute atomic E-state index is 12.6. The molecule has 1 aliphatic heterocycles. The van der Waals surface area contributed by atoms with Crippen LogP contribution in [0.3, 0.4) is 0 Å². The van der Waals surface area contributed by atoms with Crippen molar-refractivity contribution in [3.63, 3.8) is 0 Å². The smallest absolute Gasteiger partial charge is 0.349 e. The van der Waals surface area contributed by atoms with E-state index >= 15 is 0 Å². The molecule has 1 aromatic heterocycles. The summed E-state index contributed by atoms with van der Waals surface area (Å²) < 4.78 is 10.3. The van der Waals surface area contributed by atoms with Gasteiger partial charge in [-0.25, -0.2) is 14.4 Å². The third-order valence-electron chi connectivity index (χ3n) is 6.31. The van der Waals surface area contributed by atoms with Gasteiger partial charge in [0, 0.05) is 31.0 Å². The molecule has 0 radical (unpaired) electrons. The Kier molecular flexibility index (Phi) is 9.15. The van der Waals surface area contributed by atoms with Gasteiger partial charge >= 0.3 is 18.0 Å². The third-order valence-corrected chi connectivity index (χ3v) is 7.99. The lowest BCUT2D eigenvalue weighted by Gasteiger charge is -2.32. The molecule has 206 valence electrons. The summed E-state index contributed by atoms with van der Waals surface area (Å²) in [5, 5.41) is 24.8. The first-order valence-electron chi connectivity index (χ1n) is 12.2. The zero-order valence-electron chi connectivity index (χ0n) is 21.1. The highest BCUT2D eigenvalue weighted by Crippen LogP contribution is 2.46. The van der Waals surface area contributed by atoms with Crippen LogP contribution in [0.1, 0.15) is 22.5 Å². The van der Waals surface area contributed by atoms with Gasteiger partial charge in [-0.3, -0.25) is 0 Å². The highest BCUT2D eigenvalue weighted by molar-refractivity contribution is 7.18. The Morgan fingerprint density at radius 3 is 2.44 bits per heavy atom.